The fourth-order valence-corrected chi connectivity index (χ4v) is 2.52. The molecule has 2 heteroatoms. The van der Waals surface area contributed by atoms with E-state index < -0.39 is 0 Å². The van der Waals surface area contributed by atoms with E-state index in [2.05, 4.69) is 64.2 Å². The molecule has 0 heterocycles. The van der Waals surface area contributed by atoms with Gasteiger partial charge in [0.05, 0.1) is 0 Å². The van der Waals surface area contributed by atoms with Crippen molar-refractivity contribution in [3.05, 3.63) is 35.4 Å². The molecule has 108 valence electrons. The molecule has 0 aliphatic carbocycles. The van der Waals surface area contributed by atoms with Crippen LogP contribution in [-0.4, -0.2) is 18.8 Å². The van der Waals surface area contributed by atoms with Gasteiger partial charge in [0.25, 0.3) is 0 Å². The van der Waals surface area contributed by atoms with Gasteiger partial charge in [-0.05, 0) is 29.5 Å². The van der Waals surface area contributed by atoms with Gasteiger partial charge in [0, 0.05) is 18.6 Å². The van der Waals surface area contributed by atoms with Gasteiger partial charge in [0.2, 0.25) is 0 Å². The van der Waals surface area contributed by atoms with Crippen molar-refractivity contribution in [1.82, 2.24) is 5.32 Å². The fourth-order valence-electron chi connectivity index (χ4n) is 2.52. The van der Waals surface area contributed by atoms with Crippen LogP contribution in [0.1, 0.15) is 51.8 Å². The molecule has 2 atom stereocenters. The summed E-state index contributed by atoms with van der Waals surface area (Å²) in [6.45, 7) is 11.2. The number of benzene rings is 1. The molecule has 0 bridgehead atoms. The lowest BCUT2D eigenvalue weighted by atomic mass is 9.82. The second-order valence-corrected chi connectivity index (χ2v) is 6.73. The summed E-state index contributed by atoms with van der Waals surface area (Å²) >= 11 is 0. The normalized spacial score (nSPS) is 15.6. The molecule has 0 aliphatic heterocycles. The first-order chi connectivity index (χ1) is 8.81. The Balaban J connectivity index is 3.00. The van der Waals surface area contributed by atoms with Crippen LogP contribution in [0.2, 0.25) is 0 Å². The lowest BCUT2D eigenvalue weighted by molar-refractivity contribution is 0.154. The minimum Gasteiger partial charge on any atom is -0.396 e. The van der Waals surface area contributed by atoms with E-state index in [0.29, 0.717) is 5.92 Å². The molecule has 1 rings (SSSR count). The Kier molecular flexibility index (Phi) is 5.57. The maximum atomic E-state index is 9.60. The predicted molar refractivity (Wildman–Crippen MR) is 82.4 cm³/mol. The van der Waals surface area contributed by atoms with Crippen LogP contribution < -0.4 is 5.32 Å². The minimum absolute atomic E-state index is 0.183. The van der Waals surface area contributed by atoms with Crippen LogP contribution >= 0.6 is 0 Å². The number of hydrogen-bond donors (Lipinski definition) is 2. The van der Waals surface area contributed by atoms with E-state index in [1.54, 1.807) is 0 Å². The summed E-state index contributed by atoms with van der Waals surface area (Å²) < 4.78 is 0. The second kappa shape index (κ2) is 6.53. The first kappa shape index (κ1) is 16.2. The highest BCUT2D eigenvalue weighted by molar-refractivity contribution is 5.29. The highest BCUT2D eigenvalue weighted by atomic mass is 16.3. The van der Waals surface area contributed by atoms with Crippen molar-refractivity contribution in [3.8, 4) is 0 Å². The molecular formula is C17H29NO. The third kappa shape index (κ3) is 4.05. The molecule has 2 N–H and O–H groups in total. The molecule has 0 aliphatic rings. The Labute approximate surface area is 118 Å². The van der Waals surface area contributed by atoms with Gasteiger partial charge in [-0.3, -0.25) is 0 Å². The van der Waals surface area contributed by atoms with E-state index >= 15 is 0 Å². The summed E-state index contributed by atoms with van der Waals surface area (Å²) in [6.07, 6.45) is 0. The largest absolute Gasteiger partial charge is 0.396 e. The lowest BCUT2D eigenvalue weighted by Gasteiger charge is -2.29. The number of nitrogens with one attached hydrogen (secondary N) is 1. The molecule has 0 aromatic heterocycles. The molecule has 0 saturated carbocycles. The lowest BCUT2D eigenvalue weighted by Crippen LogP contribution is -2.31. The van der Waals surface area contributed by atoms with Gasteiger partial charge >= 0.3 is 0 Å². The second-order valence-electron chi connectivity index (χ2n) is 6.73. The fraction of sp³-hybridized carbons (Fsp3) is 0.647. The van der Waals surface area contributed by atoms with Crippen LogP contribution in [0.25, 0.3) is 0 Å². The summed E-state index contributed by atoms with van der Waals surface area (Å²) in [5.74, 6) is 0.690. The van der Waals surface area contributed by atoms with Crippen LogP contribution in [0.3, 0.4) is 0 Å². The van der Waals surface area contributed by atoms with Gasteiger partial charge in [-0.1, -0.05) is 58.9 Å². The van der Waals surface area contributed by atoms with Crippen molar-refractivity contribution < 1.29 is 5.11 Å². The van der Waals surface area contributed by atoms with Gasteiger partial charge in [0.1, 0.15) is 0 Å². The zero-order valence-corrected chi connectivity index (χ0v) is 13.2. The molecule has 2 unspecified atom stereocenters. The van der Waals surface area contributed by atoms with Gasteiger partial charge in [-0.25, -0.2) is 0 Å². The first-order valence-electron chi connectivity index (χ1n) is 7.19. The molecule has 0 fully saturated rings. The van der Waals surface area contributed by atoms with Crippen molar-refractivity contribution in [2.45, 2.75) is 46.1 Å². The van der Waals surface area contributed by atoms with Crippen molar-refractivity contribution in [3.63, 3.8) is 0 Å². The van der Waals surface area contributed by atoms with Crippen molar-refractivity contribution >= 4 is 0 Å². The van der Waals surface area contributed by atoms with E-state index in [0.717, 1.165) is 0 Å². The molecular weight excluding hydrogens is 234 g/mol. The van der Waals surface area contributed by atoms with Crippen LogP contribution in [0.4, 0.5) is 0 Å². The van der Waals surface area contributed by atoms with Crippen molar-refractivity contribution in [1.29, 1.82) is 0 Å². The number of rotatable bonds is 5. The molecule has 19 heavy (non-hydrogen) atoms. The molecule has 1 aromatic rings. The van der Waals surface area contributed by atoms with E-state index in [-0.39, 0.29) is 24.0 Å². The summed E-state index contributed by atoms with van der Waals surface area (Å²) in [5.41, 5.74) is 2.78. The molecule has 0 radical (unpaired) electrons. The number of aliphatic hydroxyl groups excluding tert-OH is 1. The third-order valence-electron chi connectivity index (χ3n) is 3.94. The van der Waals surface area contributed by atoms with Crippen LogP contribution in [0.15, 0.2) is 24.3 Å². The van der Waals surface area contributed by atoms with Gasteiger partial charge in [0.15, 0.2) is 0 Å². The average Bonchev–Trinajstić information content (AvgIpc) is 2.34. The Hall–Kier alpha value is -0.860. The summed E-state index contributed by atoms with van der Waals surface area (Å²) in [4.78, 5) is 0. The van der Waals surface area contributed by atoms with Crippen LogP contribution in [0, 0.1) is 11.8 Å². The van der Waals surface area contributed by atoms with Gasteiger partial charge in [-0.15, -0.1) is 0 Å². The van der Waals surface area contributed by atoms with Gasteiger partial charge in [-0.2, -0.15) is 0 Å². The van der Waals surface area contributed by atoms with Crippen molar-refractivity contribution in [2.75, 3.05) is 13.7 Å². The maximum Gasteiger partial charge on any atom is 0.0479 e. The van der Waals surface area contributed by atoms with E-state index in [4.69, 9.17) is 0 Å². The maximum absolute atomic E-state index is 9.60. The summed E-state index contributed by atoms with van der Waals surface area (Å²) in [6, 6.07) is 8.99. The Bertz CT molecular complexity index is 375. The number of hydrogen-bond acceptors (Lipinski definition) is 2. The van der Waals surface area contributed by atoms with Crippen LogP contribution in [0.5, 0.6) is 0 Å². The Morgan fingerprint density at radius 3 is 1.95 bits per heavy atom. The van der Waals surface area contributed by atoms with E-state index in [9.17, 15) is 5.11 Å². The third-order valence-corrected chi connectivity index (χ3v) is 3.94. The average molecular weight is 263 g/mol. The zero-order chi connectivity index (χ0) is 14.6. The topological polar surface area (TPSA) is 32.3 Å². The standard InChI is InChI=1S/C17H29NO/c1-12(2)15(11-19)16(18-6)13-7-9-14(10-8-13)17(3,4)5/h7-10,12,15-16,18-19H,11H2,1-6H3. The highest BCUT2D eigenvalue weighted by Crippen LogP contribution is 2.29. The van der Waals surface area contributed by atoms with E-state index in [1.807, 2.05) is 7.05 Å². The van der Waals surface area contributed by atoms with Gasteiger partial charge < -0.3 is 10.4 Å². The summed E-state index contributed by atoms with van der Waals surface area (Å²) in [7, 11) is 1.97. The first-order valence-corrected chi connectivity index (χ1v) is 7.19. The molecule has 0 spiro atoms. The predicted octanol–water partition coefficient (Wildman–Crippen LogP) is 3.51. The smallest absolute Gasteiger partial charge is 0.0479 e. The van der Waals surface area contributed by atoms with Crippen molar-refractivity contribution in [2.24, 2.45) is 11.8 Å². The number of aliphatic hydroxyl groups is 1. The molecule has 1 aromatic carbocycles. The van der Waals surface area contributed by atoms with E-state index in [1.165, 1.54) is 11.1 Å². The quantitative estimate of drug-likeness (QED) is 0.852. The Morgan fingerprint density at radius 2 is 1.63 bits per heavy atom. The molecule has 0 saturated heterocycles. The highest BCUT2D eigenvalue weighted by Gasteiger charge is 2.24. The molecule has 0 amide bonds. The minimum atomic E-state index is 0.183. The molecule has 2 nitrogen and oxygen atoms in total. The SMILES string of the molecule is CNC(c1ccc(C(C)(C)C)cc1)C(CO)C(C)C. The summed E-state index contributed by atoms with van der Waals surface area (Å²) in [5, 5.41) is 13.0. The zero-order valence-electron chi connectivity index (χ0n) is 13.2. The monoisotopic (exact) mass is 263 g/mol. The van der Waals surface area contributed by atoms with Crippen LogP contribution in [-0.2, 0) is 5.41 Å². The Morgan fingerprint density at radius 1 is 1.11 bits per heavy atom.